The third-order valence-corrected chi connectivity index (χ3v) is 5.17. The number of aliphatic carboxylic acids is 1. The molecule has 0 fully saturated rings. The van der Waals surface area contributed by atoms with Crippen LogP contribution >= 0.6 is 23.1 Å². The molecule has 104 valence electrons. The number of hydrogen-bond donors (Lipinski definition) is 1. The van der Waals surface area contributed by atoms with Crippen molar-refractivity contribution in [2.24, 2.45) is 0 Å². The van der Waals surface area contributed by atoms with Gasteiger partial charge in [-0.1, -0.05) is 0 Å². The van der Waals surface area contributed by atoms with Gasteiger partial charge in [0.15, 0.2) is 4.34 Å². The molecule has 0 amide bonds. The van der Waals surface area contributed by atoms with Gasteiger partial charge in [0.05, 0.1) is 12.1 Å². The molecular formula is C13H13N3O2S2. The molecule has 2 aromatic heterocycles. The molecule has 7 heteroatoms. The van der Waals surface area contributed by atoms with Crippen LogP contribution in [0.1, 0.15) is 29.8 Å². The lowest BCUT2D eigenvalue weighted by atomic mass is 9.98. The first kappa shape index (κ1) is 13.5. The van der Waals surface area contributed by atoms with Crippen molar-refractivity contribution >= 4 is 29.1 Å². The molecule has 0 aromatic carbocycles. The second kappa shape index (κ2) is 5.88. The van der Waals surface area contributed by atoms with Crippen LogP contribution in [0.4, 0.5) is 0 Å². The van der Waals surface area contributed by atoms with Crippen LogP contribution in [0.3, 0.4) is 0 Å². The monoisotopic (exact) mass is 307 g/mol. The molecule has 0 radical (unpaired) electrons. The zero-order valence-corrected chi connectivity index (χ0v) is 12.3. The Kier molecular flexibility index (Phi) is 3.98. The van der Waals surface area contributed by atoms with Gasteiger partial charge in [-0.15, -0.1) is 11.3 Å². The van der Waals surface area contributed by atoms with E-state index in [-0.39, 0.29) is 6.42 Å². The van der Waals surface area contributed by atoms with Crippen LogP contribution in [0.5, 0.6) is 0 Å². The van der Waals surface area contributed by atoms with Crippen LogP contribution in [-0.2, 0) is 24.1 Å². The van der Waals surface area contributed by atoms with Gasteiger partial charge in [-0.25, -0.2) is 15.0 Å². The Morgan fingerprint density at radius 1 is 1.35 bits per heavy atom. The summed E-state index contributed by atoms with van der Waals surface area (Å²) in [6.07, 6.45) is 5.99. The maximum atomic E-state index is 10.7. The topological polar surface area (TPSA) is 76.0 Å². The van der Waals surface area contributed by atoms with E-state index >= 15 is 0 Å². The molecule has 0 saturated carbocycles. The smallest absolute Gasteiger partial charge is 0.309 e. The molecule has 0 atom stereocenters. The summed E-state index contributed by atoms with van der Waals surface area (Å²) in [4.78, 5) is 23.7. The number of rotatable bonds is 4. The fraction of sp³-hybridized carbons (Fsp3) is 0.385. The van der Waals surface area contributed by atoms with Gasteiger partial charge in [-0.3, -0.25) is 4.79 Å². The molecule has 1 N–H and O–H groups in total. The molecule has 0 spiro atoms. The molecule has 1 aliphatic carbocycles. The summed E-state index contributed by atoms with van der Waals surface area (Å²) < 4.78 is 0.840. The van der Waals surface area contributed by atoms with Crippen LogP contribution < -0.4 is 0 Å². The lowest BCUT2D eigenvalue weighted by Gasteiger charge is -2.16. The second-order valence-electron chi connectivity index (χ2n) is 4.59. The van der Waals surface area contributed by atoms with E-state index in [9.17, 15) is 4.79 Å². The number of fused-ring (bicyclic) bond motifs is 1. The minimum Gasteiger partial charge on any atom is -0.481 e. The normalized spacial score (nSPS) is 14.0. The fourth-order valence-electron chi connectivity index (χ4n) is 2.23. The van der Waals surface area contributed by atoms with E-state index in [1.165, 1.54) is 41.5 Å². The van der Waals surface area contributed by atoms with Crippen LogP contribution in [0, 0.1) is 0 Å². The molecule has 2 heterocycles. The summed E-state index contributed by atoms with van der Waals surface area (Å²) in [5.74, 6) is -0.855. The lowest BCUT2D eigenvalue weighted by molar-refractivity contribution is -0.136. The van der Waals surface area contributed by atoms with E-state index in [2.05, 4.69) is 15.0 Å². The molecule has 0 saturated heterocycles. The Bertz CT molecular complexity index is 642. The molecule has 1 aliphatic rings. The zero-order valence-electron chi connectivity index (χ0n) is 10.7. The van der Waals surface area contributed by atoms with Gasteiger partial charge in [0, 0.05) is 16.6 Å². The summed E-state index contributed by atoms with van der Waals surface area (Å²) in [6.45, 7) is 0. The molecular weight excluding hydrogens is 294 g/mol. The molecule has 0 bridgehead atoms. The number of aryl methyl sites for hydroxylation is 1. The van der Waals surface area contributed by atoms with Gasteiger partial charge in [0.25, 0.3) is 0 Å². The average Bonchev–Trinajstić information content (AvgIpc) is 2.86. The largest absolute Gasteiger partial charge is 0.481 e. The first-order valence-corrected chi connectivity index (χ1v) is 8.09. The van der Waals surface area contributed by atoms with Gasteiger partial charge in [0.1, 0.15) is 11.4 Å². The van der Waals surface area contributed by atoms with Crippen LogP contribution in [-0.4, -0.2) is 26.0 Å². The fourth-order valence-corrected chi connectivity index (χ4v) is 4.12. The maximum absolute atomic E-state index is 10.7. The standard InChI is InChI=1S/C13H13N3O2S2/c17-11(18)5-8-6-19-13(16-8)20-12-9-3-1-2-4-10(9)14-7-15-12/h6-7H,1-5H2,(H,17,18). The Morgan fingerprint density at radius 2 is 2.20 bits per heavy atom. The van der Waals surface area contributed by atoms with Crippen molar-refractivity contribution in [1.29, 1.82) is 0 Å². The van der Waals surface area contributed by atoms with Crippen LogP contribution in [0.2, 0.25) is 0 Å². The van der Waals surface area contributed by atoms with Gasteiger partial charge < -0.3 is 5.11 Å². The first-order valence-electron chi connectivity index (χ1n) is 6.39. The minimum absolute atomic E-state index is 0.0288. The van der Waals surface area contributed by atoms with Crippen molar-refractivity contribution in [1.82, 2.24) is 15.0 Å². The maximum Gasteiger partial charge on any atom is 0.309 e. The number of carbonyl (C=O) groups is 1. The van der Waals surface area contributed by atoms with Crippen molar-refractivity contribution in [3.05, 3.63) is 28.7 Å². The van der Waals surface area contributed by atoms with Crippen LogP contribution in [0.15, 0.2) is 21.1 Å². The van der Waals surface area contributed by atoms with Gasteiger partial charge in [-0.05, 0) is 37.4 Å². The third kappa shape index (κ3) is 2.99. The van der Waals surface area contributed by atoms with Gasteiger partial charge in [0.2, 0.25) is 0 Å². The zero-order chi connectivity index (χ0) is 13.9. The summed E-state index contributed by atoms with van der Waals surface area (Å²) in [7, 11) is 0. The number of carboxylic acid groups (broad SMARTS) is 1. The van der Waals surface area contributed by atoms with Gasteiger partial charge in [-0.2, -0.15) is 0 Å². The number of hydrogen-bond acceptors (Lipinski definition) is 6. The number of carboxylic acids is 1. The van der Waals surface area contributed by atoms with E-state index in [0.29, 0.717) is 5.69 Å². The minimum atomic E-state index is -0.855. The number of aromatic nitrogens is 3. The molecule has 3 rings (SSSR count). The number of nitrogens with zero attached hydrogens (tertiary/aromatic N) is 3. The predicted molar refractivity (Wildman–Crippen MR) is 76.3 cm³/mol. The van der Waals surface area contributed by atoms with Crippen molar-refractivity contribution in [2.45, 2.75) is 41.5 Å². The van der Waals surface area contributed by atoms with Crippen molar-refractivity contribution < 1.29 is 9.90 Å². The first-order chi connectivity index (χ1) is 9.72. The lowest BCUT2D eigenvalue weighted by Crippen LogP contribution is -2.07. The SMILES string of the molecule is O=C(O)Cc1csc(Sc2ncnc3c2CCCC3)n1. The Balaban J connectivity index is 1.81. The molecule has 20 heavy (non-hydrogen) atoms. The predicted octanol–water partition coefficient (Wildman–Crippen LogP) is 2.59. The molecule has 5 nitrogen and oxygen atoms in total. The van der Waals surface area contributed by atoms with E-state index in [0.717, 1.165) is 27.9 Å². The van der Waals surface area contributed by atoms with Crippen molar-refractivity contribution in [3.63, 3.8) is 0 Å². The van der Waals surface area contributed by atoms with E-state index in [1.807, 2.05) is 0 Å². The average molecular weight is 307 g/mol. The van der Waals surface area contributed by atoms with E-state index in [1.54, 1.807) is 11.7 Å². The summed E-state index contributed by atoms with van der Waals surface area (Å²) >= 11 is 2.98. The third-order valence-electron chi connectivity index (χ3n) is 3.13. The molecule has 0 aliphatic heterocycles. The van der Waals surface area contributed by atoms with E-state index < -0.39 is 5.97 Å². The second-order valence-corrected chi connectivity index (χ2v) is 6.68. The summed E-state index contributed by atoms with van der Waals surface area (Å²) in [5, 5.41) is 11.5. The molecule has 2 aromatic rings. The van der Waals surface area contributed by atoms with Gasteiger partial charge >= 0.3 is 5.97 Å². The summed E-state index contributed by atoms with van der Waals surface area (Å²) in [6, 6.07) is 0. The quantitative estimate of drug-likeness (QED) is 0.875. The Labute approximate surface area is 124 Å². The highest BCUT2D eigenvalue weighted by Gasteiger charge is 2.17. The Hall–Kier alpha value is -1.47. The van der Waals surface area contributed by atoms with Crippen molar-refractivity contribution in [2.75, 3.05) is 0 Å². The molecule has 0 unspecified atom stereocenters. The number of thiazole rings is 1. The van der Waals surface area contributed by atoms with Crippen molar-refractivity contribution in [3.8, 4) is 0 Å². The highest BCUT2D eigenvalue weighted by atomic mass is 32.2. The summed E-state index contributed by atoms with van der Waals surface area (Å²) in [5.41, 5.74) is 2.99. The highest BCUT2D eigenvalue weighted by molar-refractivity contribution is 8.01. The van der Waals surface area contributed by atoms with E-state index in [4.69, 9.17) is 5.11 Å². The Morgan fingerprint density at radius 3 is 3.05 bits per heavy atom. The highest BCUT2D eigenvalue weighted by Crippen LogP contribution is 2.34. The van der Waals surface area contributed by atoms with Crippen LogP contribution in [0.25, 0.3) is 0 Å².